The van der Waals surface area contributed by atoms with Crippen LogP contribution >= 0.6 is 0 Å². The lowest BCUT2D eigenvalue weighted by Gasteiger charge is -2.41. The maximum atomic E-state index is 12.9. The van der Waals surface area contributed by atoms with Crippen LogP contribution in [0.15, 0.2) is 47.6 Å². The number of carbonyl (C=O) groups is 2. The molecule has 2 aliphatic rings. The van der Waals surface area contributed by atoms with Crippen molar-refractivity contribution in [2.24, 2.45) is 4.99 Å². The van der Waals surface area contributed by atoms with E-state index in [1.807, 2.05) is 38.1 Å². The van der Waals surface area contributed by atoms with Crippen molar-refractivity contribution in [2.75, 3.05) is 5.32 Å². The topological polar surface area (TPSA) is 61.8 Å². The third kappa shape index (κ3) is 2.70. The largest absolute Gasteiger partial charge is 0.324 e. The molecule has 0 fully saturated rings. The second-order valence-electron chi connectivity index (χ2n) is 6.16. The molecule has 0 aromatic heterocycles. The third-order valence-corrected chi connectivity index (χ3v) is 4.24. The minimum atomic E-state index is -0.994. The van der Waals surface area contributed by atoms with Gasteiger partial charge in [-0.2, -0.15) is 4.99 Å². The highest BCUT2D eigenvalue weighted by atomic mass is 16.2. The van der Waals surface area contributed by atoms with Crippen molar-refractivity contribution in [1.82, 2.24) is 4.90 Å². The maximum Gasteiger partial charge on any atom is 0.250 e. The lowest BCUT2D eigenvalue weighted by molar-refractivity contribution is -0.130. The van der Waals surface area contributed by atoms with Crippen molar-refractivity contribution in [1.29, 1.82) is 0 Å². The molecule has 3 rings (SSSR count). The predicted molar refractivity (Wildman–Crippen MR) is 90.1 cm³/mol. The molecular formula is C18H19N3O2. The number of aryl methyl sites for hydroxylation is 2. The zero-order valence-corrected chi connectivity index (χ0v) is 13.5. The number of hydrogen-bond donors (Lipinski definition) is 1. The van der Waals surface area contributed by atoms with E-state index in [-0.39, 0.29) is 18.2 Å². The van der Waals surface area contributed by atoms with Crippen molar-refractivity contribution in [3.05, 3.63) is 53.8 Å². The van der Waals surface area contributed by atoms with E-state index in [1.165, 1.54) is 0 Å². The van der Waals surface area contributed by atoms with E-state index >= 15 is 0 Å². The number of fused-ring (bicyclic) bond motifs is 1. The van der Waals surface area contributed by atoms with Crippen molar-refractivity contribution < 1.29 is 9.59 Å². The number of amidine groups is 1. The Bertz CT molecular complexity index is 776. The molecule has 23 heavy (non-hydrogen) atoms. The number of rotatable bonds is 2. The van der Waals surface area contributed by atoms with Gasteiger partial charge in [0, 0.05) is 11.9 Å². The van der Waals surface area contributed by atoms with E-state index < -0.39 is 5.54 Å². The first-order valence-electron chi connectivity index (χ1n) is 7.54. The van der Waals surface area contributed by atoms with Crippen LogP contribution < -0.4 is 5.32 Å². The molecule has 1 unspecified atom stereocenters. The summed E-state index contributed by atoms with van der Waals surface area (Å²) in [6.45, 7) is 5.69. The first kappa shape index (κ1) is 15.2. The van der Waals surface area contributed by atoms with Crippen LogP contribution in [0.2, 0.25) is 0 Å². The Balaban J connectivity index is 1.93. The molecule has 0 spiro atoms. The molecule has 1 aromatic rings. The minimum Gasteiger partial charge on any atom is -0.324 e. The highest BCUT2D eigenvalue weighted by molar-refractivity contribution is 6.12. The molecule has 2 heterocycles. The molecular weight excluding hydrogens is 290 g/mol. The highest BCUT2D eigenvalue weighted by Gasteiger charge is 2.45. The van der Waals surface area contributed by atoms with Gasteiger partial charge in [0.25, 0.3) is 11.8 Å². The first-order chi connectivity index (χ1) is 10.9. The molecule has 0 saturated heterocycles. The van der Waals surface area contributed by atoms with Gasteiger partial charge in [-0.05, 0) is 50.1 Å². The van der Waals surface area contributed by atoms with Gasteiger partial charge in [0.1, 0.15) is 11.4 Å². The molecule has 118 valence electrons. The van der Waals surface area contributed by atoms with E-state index in [1.54, 1.807) is 30.2 Å². The average molecular weight is 309 g/mol. The normalized spacial score (nSPS) is 22.7. The Morgan fingerprint density at radius 3 is 2.87 bits per heavy atom. The van der Waals surface area contributed by atoms with Crippen LogP contribution in [-0.4, -0.2) is 28.1 Å². The molecule has 0 radical (unpaired) electrons. The Morgan fingerprint density at radius 2 is 2.09 bits per heavy atom. The fourth-order valence-electron chi connectivity index (χ4n) is 2.81. The van der Waals surface area contributed by atoms with Crippen molar-refractivity contribution in [2.45, 2.75) is 32.7 Å². The summed E-state index contributed by atoms with van der Waals surface area (Å²) in [6, 6.07) is 5.90. The minimum absolute atomic E-state index is 0.0470. The lowest BCUT2D eigenvalue weighted by Crippen LogP contribution is -2.58. The molecule has 0 bridgehead atoms. The van der Waals surface area contributed by atoms with Crippen LogP contribution in [0.3, 0.4) is 0 Å². The zero-order valence-electron chi connectivity index (χ0n) is 13.5. The first-order valence-corrected chi connectivity index (χ1v) is 7.54. The molecule has 0 aliphatic carbocycles. The number of amides is 2. The van der Waals surface area contributed by atoms with Gasteiger partial charge < -0.3 is 10.2 Å². The van der Waals surface area contributed by atoms with Gasteiger partial charge in [-0.3, -0.25) is 9.59 Å². The van der Waals surface area contributed by atoms with E-state index in [4.69, 9.17) is 0 Å². The zero-order chi connectivity index (χ0) is 16.6. The number of anilines is 1. The second kappa shape index (κ2) is 5.50. The standard InChI is InChI=1S/C18H19N3O2/c1-12-7-8-13(2)14(10-12)19-17(23)18(3)11-16(22)20-15-6-4-5-9-21(15)18/h4-10H,11H2,1-3H3,(H,19,23). The van der Waals surface area contributed by atoms with Crippen molar-refractivity contribution in [3.63, 3.8) is 0 Å². The Labute approximate surface area is 135 Å². The summed E-state index contributed by atoms with van der Waals surface area (Å²) in [6.07, 6.45) is 7.20. The summed E-state index contributed by atoms with van der Waals surface area (Å²) in [7, 11) is 0. The van der Waals surface area contributed by atoms with Crippen LogP contribution in [0, 0.1) is 13.8 Å². The maximum absolute atomic E-state index is 12.9. The highest BCUT2D eigenvalue weighted by Crippen LogP contribution is 2.30. The van der Waals surface area contributed by atoms with Crippen LogP contribution in [0.1, 0.15) is 24.5 Å². The van der Waals surface area contributed by atoms with Gasteiger partial charge in [0.2, 0.25) is 0 Å². The number of hydrogen-bond acceptors (Lipinski definition) is 3. The monoisotopic (exact) mass is 309 g/mol. The fraction of sp³-hybridized carbons (Fsp3) is 0.278. The number of benzene rings is 1. The average Bonchev–Trinajstić information content (AvgIpc) is 2.50. The molecule has 1 aromatic carbocycles. The van der Waals surface area contributed by atoms with Gasteiger partial charge >= 0.3 is 0 Å². The van der Waals surface area contributed by atoms with Gasteiger partial charge in [-0.15, -0.1) is 0 Å². The van der Waals surface area contributed by atoms with Gasteiger partial charge in [-0.25, -0.2) is 0 Å². The number of aliphatic imine (C=N–C) groups is 1. The molecule has 1 N–H and O–H groups in total. The summed E-state index contributed by atoms with van der Waals surface area (Å²) in [5.41, 5.74) is 1.83. The van der Waals surface area contributed by atoms with Crippen LogP contribution in [0.25, 0.3) is 0 Å². The molecule has 2 amide bonds. The SMILES string of the molecule is Cc1ccc(C)c(NC(=O)C2(C)CC(=O)N=C3C=CC=CN32)c1. The summed E-state index contributed by atoms with van der Waals surface area (Å²) >= 11 is 0. The van der Waals surface area contributed by atoms with E-state index in [2.05, 4.69) is 10.3 Å². The number of carbonyl (C=O) groups excluding carboxylic acids is 2. The number of allylic oxidation sites excluding steroid dienone is 2. The molecule has 5 heteroatoms. The summed E-state index contributed by atoms with van der Waals surface area (Å²) in [4.78, 5) is 30.7. The fourth-order valence-corrected chi connectivity index (χ4v) is 2.81. The third-order valence-electron chi connectivity index (χ3n) is 4.24. The predicted octanol–water partition coefficient (Wildman–Crippen LogP) is 2.71. The van der Waals surface area contributed by atoms with Gasteiger partial charge in [0.15, 0.2) is 0 Å². The van der Waals surface area contributed by atoms with Gasteiger partial charge in [-0.1, -0.05) is 18.2 Å². The van der Waals surface area contributed by atoms with E-state index in [0.717, 1.165) is 16.8 Å². The van der Waals surface area contributed by atoms with Crippen molar-refractivity contribution >= 4 is 23.3 Å². The summed E-state index contributed by atoms with van der Waals surface area (Å²) in [5, 5.41) is 2.97. The molecule has 5 nitrogen and oxygen atoms in total. The van der Waals surface area contributed by atoms with Crippen LogP contribution in [0.4, 0.5) is 5.69 Å². The second-order valence-corrected chi connectivity index (χ2v) is 6.16. The number of nitrogens with one attached hydrogen (secondary N) is 1. The summed E-state index contributed by atoms with van der Waals surface area (Å²) in [5.74, 6) is 0.00378. The van der Waals surface area contributed by atoms with Crippen LogP contribution in [0.5, 0.6) is 0 Å². The van der Waals surface area contributed by atoms with Gasteiger partial charge in [0.05, 0.1) is 6.42 Å². The molecule has 1 atom stereocenters. The van der Waals surface area contributed by atoms with Crippen LogP contribution in [-0.2, 0) is 9.59 Å². The number of nitrogens with zero attached hydrogens (tertiary/aromatic N) is 2. The Kier molecular flexibility index (Phi) is 3.64. The molecule has 0 saturated carbocycles. The van der Waals surface area contributed by atoms with E-state index in [9.17, 15) is 9.59 Å². The Hall–Kier alpha value is -2.69. The smallest absolute Gasteiger partial charge is 0.250 e. The Morgan fingerprint density at radius 1 is 1.30 bits per heavy atom. The summed E-state index contributed by atoms with van der Waals surface area (Å²) < 4.78 is 0. The van der Waals surface area contributed by atoms with E-state index in [0.29, 0.717) is 5.84 Å². The van der Waals surface area contributed by atoms with Crippen molar-refractivity contribution in [3.8, 4) is 0 Å². The quantitative estimate of drug-likeness (QED) is 0.913. The molecule has 2 aliphatic heterocycles. The lowest BCUT2D eigenvalue weighted by atomic mass is 9.91.